The smallest absolute Gasteiger partial charge is 0.295 e. The van der Waals surface area contributed by atoms with E-state index < -0.39 is 10.7 Å². The van der Waals surface area contributed by atoms with Crippen molar-refractivity contribution in [3.8, 4) is 0 Å². The molecule has 2 rings (SSSR count). The average molecular weight is 261 g/mol. The van der Waals surface area contributed by atoms with Gasteiger partial charge in [0.15, 0.2) is 5.82 Å². The number of halogens is 1. The van der Waals surface area contributed by atoms with E-state index in [-0.39, 0.29) is 17.4 Å². The van der Waals surface area contributed by atoms with Crippen LogP contribution in [0, 0.1) is 15.9 Å². The number of hydrogen-bond donors (Lipinski definition) is 1. The first-order valence-electron chi connectivity index (χ1n) is 5.70. The number of para-hydroxylation sites is 1. The van der Waals surface area contributed by atoms with Crippen LogP contribution in [0.5, 0.6) is 0 Å². The molecule has 1 aromatic heterocycles. The Morgan fingerprint density at radius 3 is 2.74 bits per heavy atom. The SMILES string of the molecule is CC(Nc1c(F)cccc1[N+](=O)[O-])c1ccccn1. The van der Waals surface area contributed by atoms with Crippen LogP contribution in [-0.2, 0) is 0 Å². The van der Waals surface area contributed by atoms with Gasteiger partial charge in [0.05, 0.1) is 16.7 Å². The van der Waals surface area contributed by atoms with Crippen molar-refractivity contribution in [2.75, 3.05) is 5.32 Å². The van der Waals surface area contributed by atoms with Crippen LogP contribution in [0.15, 0.2) is 42.6 Å². The van der Waals surface area contributed by atoms with Gasteiger partial charge in [0.1, 0.15) is 5.69 Å². The molecule has 0 fully saturated rings. The average Bonchev–Trinajstić information content (AvgIpc) is 2.41. The molecule has 0 radical (unpaired) electrons. The third-order valence-electron chi connectivity index (χ3n) is 2.68. The summed E-state index contributed by atoms with van der Waals surface area (Å²) >= 11 is 0. The third-order valence-corrected chi connectivity index (χ3v) is 2.68. The number of aromatic nitrogens is 1. The fourth-order valence-corrected chi connectivity index (χ4v) is 1.73. The highest BCUT2D eigenvalue weighted by atomic mass is 19.1. The van der Waals surface area contributed by atoms with Gasteiger partial charge < -0.3 is 5.32 Å². The second kappa shape index (κ2) is 5.43. The first-order valence-corrected chi connectivity index (χ1v) is 5.70. The first kappa shape index (κ1) is 12.9. The van der Waals surface area contributed by atoms with Crippen LogP contribution in [0.25, 0.3) is 0 Å². The number of nitro benzene ring substituents is 1. The Labute approximate surface area is 109 Å². The molecule has 0 aliphatic rings. The van der Waals surface area contributed by atoms with Crippen molar-refractivity contribution in [2.24, 2.45) is 0 Å². The Hall–Kier alpha value is -2.50. The van der Waals surface area contributed by atoms with Crippen molar-refractivity contribution in [1.82, 2.24) is 4.98 Å². The van der Waals surface area contributed by atoms with E-state index in [9.17, 15) is 14.5 Å². The van der Waals surface area contributed by atoms with E-state index in [0.717, 1.165) is 0 Å². The molecule has 5 nitrogen and oxygen atoms in total. The molecule has 2 aromatic rings. The van der Waals surface area contributed by atoms with Gasteiger partial charge in [0.25, 0.3) is 5.69 Å². The van der Waals surface area contributed by atoms with Gasteiger partial charge in [-0.05, 0) is 25.1 Å². The molecule has 1 aromatic carbocycles. The lowest BCUT2D eigenvalue weighted by atomic mass is 10.2. The highest BCUT2D eigenvalue weighted by molar-refractivity contribution is 5.62. The van der Waals surface area contributed by atoms with Gasteiger partial charge in [0.2, 0.25) is 0 Å². The quantitative estimate of drug-likeness (QED) is 0.677. The minimum Gasteiger partial charge on any atom is -0.369 e. The zero-order chi connectivity index (χ0) is 13.8. The largest absolute Gasteiger partial charge is 0.369 e. The van der Waals surface area contributed by atoms with Gasteiger partial charge in [-0.3, -0.25) is 15.1 Å². The summed E-state index contributed by atoms with van der Waals surface area (Å²) in [5.74, 6) is -0.656. The maximum Gasteiger partial charge on any atom is 0.295 e. The predicted octanol–water partition coefficient (Wildman–Crippen LogP) is 3.30. The molecule has 1 unspecified atom stereocenters. The highest BCUT2D eigenvalue weighted by Gasteiger charge is 2.20. The van der Waals surface area contributed by atoms with E-state index >= 15 is 0 Å². The molecule has 98 valence electrons. The number of anilines is 1. The third kappa shape index (κ3) is 2.85. The zero-order valence-electron chi connectivity index (χ0n) is 10.2. The van der Waals surface area contributed by atoms with E-state index in [1.165, 1.54) is 18.2 Å². The highest BCUT2D eigenvalue weighted by Crippen LogP contribution is 2.30. The van der Waals surface area contributed by atoms with E-state index in [1.54, 1.807) is 31.3 Å². The van der Waals surface area contributed by atoms with Crippen molar-refractivity contribution in [3.05, 3.63) is 64.2 Å². The van der Waals surface area contributed by atoms with E-state index in [0.29, 0.717) is 5.69 Å². The van der Waals surface area contributed by atoms with Crippen molar-refractivity contribution >= 4 is 11.4 Å². The monoisotopic (exact) mass is 261 g/mol. The summed E-state index contributed by atoms with van der Waals surface area (Å²) in [5.41, 5.74) is 0.272. The van der Waals surface area contributed by atoms with Crippen molar-refractivity contribution < 1.29 is 9.31 Å². The molecule has 1 heterocycles. The molecule has 1 atom stereocenters. The summed E-state index contributed by atoms with van der Waals surface area (Å²) in [6.45, 7) is 1.76. The van der Waals surface area contributed by atoms with Gasteiger partial charge in [-0.25, -0.2) is 4.39 Å². The summed E-state index contributed by atoms with van der Waals surface area (Å²) in [6, 6.07) is 8.75. The second-order valence-electron chi connectivity index (χ2n) is 4.01. The van der Waals surface area contributed by atoms with Crippen LogP contribution in [0.2, 0.25) is 0 Å². The number of rotatable bonds is 4. The van der Waals surface area contributed by atoms with Gasteiger partial charge in [0, 0.05) is 12.3 Å². The maximum absolute atomic E-state index is 13.7. The molecule has 0 amide bonds. The van der Waals surface area contributed by atoms with E-state index in [4.69, 9.17) is 0 Å². The molecule has 0 bridgehead atoms. The fourth-order valence-electron chi connectivity index (χ4n) is 1.73. The first-order chi connectivity index (χ1) is 9.09. The van der Waals surface area contributed by atoms with Crippen LogP contribution < -0.4 is 5.32 Å². The summed E-state index contributed by atoms with van der Waals surface area (Å²) in [5, 5.41) is 13.7. The Balaban J connectivity index is 2.31. The number of benzene rings is 1. The lowest BCUT2D eigenvalue weighted by Crippen LogP contribution is -2.11. The minimum atomic E-state index is -0.656. The standard InChI is InChI=1S/C13H12FN3O2/c1-9(11-6-2-3-8-15-11)16-13-10(14)5-4-7-12(13)17(18)19/h2-9,16H,1H3. The number of pyridine rings is 1. The summed E-state index contributed by atoms with van der Waals surface area (Å²) in [4.78, 5) is 14.4. The van der Waals surface area contributed by atoms with Crippen LogP contribution in [0.4, 0.5) is 15.8 Å². The topological polar surface area (TPSA) is 68.1 Å². The molecule has 6 heteroatoms. The summed E-state index contributed by atoms with van der Waals surface area (Å²) in [7, 11) is 0. The molecule has 19 heavy (non-hydrogen) atoms. The predicted molar refractivity (Wildman–Crippen MR) is 69.3 cm³/mol. The fraction of sp³-hybridized carbons (Fsp3) is 0.154. The Morgan fingerprint density at radius 1 is 1.32 bits per heavy atom. The molecule has 0 saturated carbocycles. The molecule has 0 spiro atoms. The summed E-state index contributed by atoms with van der Waals surface area (Å²) in [6.07, 6.45) is 1.61. The van der Waals surface area contributed by atoms with Crippen molar-refractivity contribution in [2.45, 2.75) is 13.0 Å². The normalized spacial score (nSPS) is 11.9. The van der Waals surface area contributed by atoms with Gasteiger partial charge in [-0.1, -0.05) is 12.1 Å². The lowest BCUT2D eigenvalue weighted by Gasteiger charge is -2.15. The van der Waals surface area contributed by atoms with Crippen molar-refractivity contribution in [3.63, 3.8) is 0 Å². The summed E-state index contributed by atoms with van der Waals surface area (Å²) < 4.78 is 13.7. The molecule has 0 aliphatic carbocycles. The Morgan fingerprint density at radius 2 is 2.11 bits per heavy atom. The molecule has 0 aliphatic heterocycles. The number of nitrogens with zero attached hydrogens (tertiary/aromatic N) is 2. The molecular weight excluding hydrogens is 249 g/mol. The van der Waals surface area contributed by atoms with Crippen LogP contribution in [-0.4, -0.2) is 9.91 Å². The number of nitrogens with one attached hydrogen (secondary N) is 1. The van der Waals surface area contributed by atoms with Gasteiger partial charge in [-0.15, -0.1) is 0 Å². The van der Waals surface area contributed by atoms with Gasteiger partial charge >= 0.3 is 0 Å². The minimum absolute atomic E-state index is 0.120. The van der Waals surface area contributed by atoms with Crippen LogP contribution in [0.1, 0.15) is 18.7 Å². The van der Waals surface area contributed by atoms with Gasteiger partial charge in [-0.2, -0.15) is 0 Å². The Bertz CT molecular complexity index is 590. The molecular formula is C13H12FN3O2. The van der Waals surface area contributed by atoms with Crippen LogP contribution in [0.3, 0.4) is 0 Å². The zero-order valence-corrected chi connectivity index (χ0v) is 10.2. The second-order valence-corrected chi connectivity index (χ2v) is 4.01. The molecule has 0 saturated heterocycles. The van der Waals surface area contributed by atoms with E-state index in [2.05, 4.69) is 10.3 Å². The molecule has 1 N–H and O–H groups in total. The lowest BCUT2D eigenvalue weighted by molar-refractivity contribution is -0.384. The number of nitro groups is 1. The van der Waals surface area contributed by atoms with Crippen molar-refractivity contribution in [1.29, 1.82) is 0 Å². The van der Waals surface area contributed by atoms with Crippen LogP contribution >= 0.6 is 0 Å². The Kier molecular flexibility index (Phi) is 3.70. The number of hydrogen-bond acceptors (Lipinski definition) is 4. The maximum atomic E-state index is 13.7. The van der Waals surface area contributed by atoms with E-state index in [1.807, 2.05) is 0 Å².